The van der Waals surface area contributed by atoms with Crippen LogP contribution in [0.2, 0.25) is 0 Å². The highest BCUT2D eigenvalue weighted by Crippen LogP contribution is 2.39. The van der Waals surface area contributed by atoms with Gasteiger partial charge in [-0.3, -0.25) is 4.79 Å². The van der Waals surface area contributed by atoms with Gasteiger partial charge in [0, 0.05) is 17.7 Å². The van der Waals surface area contributed by atoms with E-state index in [1.807, 2.05) is 0 Å². The van der Waals surface area contributed by atoms with Crippen molar-refractivity contribution in [2.24, 2.45) is 5.41 Å². The average Bonchev–Trinajstić information content (AvgIpc) is 2.65. The average molecular weight is 414 g/mol. The zero-order valence-electron chi connectivity index (χ0n) is 18.0. The molecule has 2 rings (SSSR count). The Hall–Kier alpha value is -3.48. The van der Waals surface area contributed by atoms with Crippen molar-refractivity contribution >= 4 is 11.9 Å². The summed E-state index contributed by atoms with van der Waals surface area (Å²) in [5.74, 6) is -0.0624. The molecule has 0 bridgehead atoms. The van der Waals surface area contributed by atoms with Crippen LogP contribution in [0.1, 0.15) is 33.3 Å². The van der Waals surface area contributed by atoms with Crippen LogP contribution in [0.15, 0.2) is 42.5 Å². The first-order chi connectivity index (χ1) is 13.9. The quantitative estimate of drug-likeness (QED) is 0.407. The monoisotopic (exact) mass is 414 g/mol. The van der Waals surface area contributed by atoms with Crippen molar-refractivity contribution in [1.29, 1.82) is 0 Å². The van der Waals surface area contributed by atoms with Crippen molar-refractivity contribution in [3.05, 3.63) is 48.0 Å². The Bertz CT molecular complexity index is 984. The van der Waals surface area contributed by atoms with Crippen LogP contribution in [0.4, 0.5) is 0 Å². The highest BCUT2D eigenvalue weighted by Gasteiger charge is 2.25. The van der Waals surface area contributed by atoms with Crippen LogP contribution in [-0.4, -0.2) is 24.2 Å². The molecule has 2 aromatic rings. The molecule has 2 aromatic carbocycles. The molecule has 0 saturated heterocycles. The van der Waals surface area contributed by atoms with Crippen molar-refractivity contribution in [1.82, 2.24) is 0 Å². The van der Waals surface area contributed by atoms with Crippen molar-refractivity contribution in [2.75, 3.05) is 7.11 Å². The number of hydrogen-bond acceptors (Lipinski definition) is 7. The fourth-order valence-electron chi connectivity index (χ4n) is 2.23. The maximum absolute atomic E-state index is 12.3. The molecular formula is C23H26O7. The van der Waals surface area contributed by atoms with Crippen LogP contribution >= 0.6 is 0 Å². The second-order valence-corrected chi connectivity index (χ2v) is 7.81. The van der Waals surface area contributed by atoms with Crippen LogP contribution in [0, 0.1) is 12.3 Å². The standard InChI is InChI=1S/C23H26O7/c1-13(2)21(25)29-19-12-16(10-14(3)20(19)24)28-15-8-9-17(27-7)18(11-15)30-22(26)23(4,5)6/h8-12,24H,1H2,2-7H3. The van der Waals surface area contributed by atoms with E-state index in [0.29, 0.717) is 22.8 Å². The Balaban J connectivity index is 2.34. The van der Waals surface area contributed by atoms with Gasteiger partial charge in [-0.25, -0.2) is 4.79 Å². The minimum atomic E-state index is -0.696. The third kappa shape index (κ3) is 5.53. The Labute approximate surface area is 175 Å². The summed E-state index contributed by atoms with van der Waals surface area (Å²) in [5, 5.41) is 10.2. The number of ether oxygens (including phenoxy) is 4. The summed E-state index contributed by atoms with van der Waals surface area (Å²) in [7, 11) is 1.47. The number of aryl methyl sites for hydroxylation is 1. The molecule has 30 heavy (non-hydrogen) atoms. The molecule has 0 aliphatic heterocycles. The van der Waals surface area contributed by atoms with Crippen molar-refractivity contribution in [3.8, 4) is 34.5 Å². The van der Waals surface area contributed by atoms with E-state index >= 15 is 0 Å². The van der Waals surface area contributed by atoms with Gasteiger partial charge in [0.15, 0.2) is 23.0 Å². The van der Waals surface area contributed by atoms with Gasteiger partial charge in [-0.05, 0) is 58.4 Å². The number of rotatable bonds is 6. The number of benzene rings is 2. The minimum absolute atomic E-state index is 0.0501. The molecule has 160 valence electrons. The van der Waals surface area contributed by atoms with Gasteiger partial charge in [0.25, 0.3) is 0 Å². The van der Waals surface area contributed by atoms with Gasteiger partial charge >= 0.3 is 11.9 Å². The number of hydrogen-bond donors (Lipinski definition) is 1. The molecule has 7 nitrogen and oxygen atoms in total. The summed E-state index contributed by atoms with van der Waals surface area (Å²) in [5.41, 5.74) is -0.0541. The van der Waals surface area contributed by atoms with E-state index in [-0.39, 0.29) is 22.8 Å². The van der Waals surface area contributed by atoms with Crippen LogP contribution in [-0.2, 0) is 9.59 Å². The third-order valence-electron chi connectivity index (χ3n) is 3.98. The molecular weight excluding hydrogens is 388 g/mol. The summed E-state index contributed by atoms with van der Waals surface area (Å²) >= 11 is 0. The molecule has 0 aliphatic rings. The van der Waals surface area contributed by atoms with Crippen LogP contribution < -0.4 is 18.9 Å². The first-order valence-electron chi connectivity index (χ1n) is 9.22. The predicted octanol–water partition coefficient (Wildman–Crippen LogP) is 4.93. The van der Waals surface area contributed by atoms with E-state index in [1.54, 1.807) is 45.9 Å². The number of carbonyl (C=O) groups excluding carboxylic acids is 2. The van der Waals surface area contributed by atoms with Crippen LogP contribution in [0.25, 0.3) is 0 Å². The van der Waals surface area contributed by atoms with Gasteiger partial charge in [-0.2, -0.15) is 0 Å². The van der Waals surface area contributed by atoms with Crippen LogP contribution in [0.3, 0.4) is 0 Å². The Morgan fingerprint density at radius 1 is 0.967 bits per heavy atom. The lowest BCUT2D eigenvalue weighted by atomic mass is 9.97. The van der Waals surface area contributed by atoms with E-state index < -0.39 is 17.4 Å². The van der Waals surface area contributed by atoms with E-state index in [4.69, 9.17) is 18.9 Å². The fourth-order valence-corrected chi connectivity index (χ4v) is 2.23. The molecule has 1 N–H and O–H groups in total. The van der Waals surface area contributed by atoms with Crippen molar-refractivity contribution in [2.45, 2.75) is 34.6 Å². The second kappa shape index (κ2) is 8.90. The molecule has 0 amide bonds. The smallest absolute Gasteiger partial charge is 0.338 e. The zero-order chi connectivity index (χ0) is 22.6. The summed E-state index contributed by atoms with van der Waals surface area (Å²) in [4.78, 5) is 24.1. The van der Waals surface area contributed by atoms with E-state index in [9.17, 15) is 14.7 Å². The summed E-state index contributed by atoms with van der Waals surface area (Å²) in [6, 6.07) is 7.72. The maximum Gasteiger partial charge on any atom is 0.338 e. The Morgan fingerprint density at radius 2 is 1.60 bits per heavy atom. The Morgan fingerprint density at radius 3 is 2.17 bits per heavy atom. The van der Waals surface area contributed by atoms with E-state index in [0.717, 1.165) is 0 Å². The highest BCUT2D eigenvalue weighted by molar-refractivity contribution is 5.89. The molecule has 0 aliphatic carbocycles. The molecule has 0 unspecified atom stereocenters. The minimum Gasteiger partial charge on any atom is -0.504 e. The second-order valence-electron chi connectivity index (χ2n) is 7.81. The molecule has 0 saturated carbocycles. The fraction of sp³-hybridized carbons (Fsp3) is 0.304. The highest BCUT2D eigenvalue weighted by atomic mass is 16.6. The zero-order valence-corrected chi connectivity index (χ0v) is 18.0. The number of methoxy groups -OCH3 is 1. The largest absolute Gasteiger partial charge is 0.504 e. The number of aromatic hydroxyl groups is 1. The lowest BCUT2D eigenvalue weighted by Crippen LogP contribution is -2.25. The molecule has 0 atom stereocenters. The SMILES string of the molecule is C=C(C)C(=O)Oc1cc(Oc2ccc(OC)c(OC(=O)C(C)(C)C)c2)cc(C)c1O. The lowest BCUT2D eigenvalue weighted by molar-refractivity contribution is -0.143. The van der Waals surface area contributed by atoms with E-state index in [1.165, 1.54) is 26.2 Å². The molecule has 7 heteroatoms. The lowest BCUT2D eigenvalue weighted by Gasteiger charge is -2.18. The van der Waals surface area contributed by atoms with Gasteiger partial charge in [-0.15, -0.1) is 0 Å². The molecule has 0 heterocycles. The first-order valence-corrected chi connectivity index (χ1v) is 9.22. The predicted molar refractivity (Wildman–Crippen MR) is 111 cm³/mol. The number of phenolic OH excluding ortho intramolecular Hbond substituents is 1. The first kappa shape index (κ1) is 22.8. The number of phenols is 1. The van der Waals surface area contributed by atoms with Gasteiger partial charge in [0.05, 0.1) is 12.5 Å². The van der Waals surface area contributed by atoms with Gasteiger partial charge in [-0.1, -0.05) is 6.58 Å². The maximum atomic E-state index is 12.3. The van der Waals surface area contributed by atoms with Crippen LogP contribution in [0.5, 0.6) is 34.5 Å². The molecule has 0 fully saturated rings. The van der Waals surface area contributed by atoms with Crippen molar-refractivity contribution in [3.63, 3.8) is 0 Å². The molecule has 0 aromatic heterocycles. The third-order valence-corrected chi connectivity index (χ3v) is 3.98. The Kier molecular flexibility index (Phi) is 6.77. The molecule has 0 spiro atoms. The number of esters is 2. The normalized spacial score (nSPS) is 10.9. The van der Waals surface area contributed by atoms with E-state index in [2.05, 4.69) is 6.58 Å². The van der Waals surface area contributed by atoms with Gasteiger partial charge < -0.3 is 24.1 Å². The van der Waals surface area contributed by atoms with Gasteiger partial charge in [0.1, 0.15) is 11.5 Å². The topological polar surface area (TPSA) is 91.3 Å². The molecule has 0 radical (unpaired) electrons. The van der Waals surface area contributed by atoms with Crippen molar-refractivity contribution < 1.29 is 33.6 Å². The summed E-state index contributed by atoms with van der Waals surface area (Å²) in [6.07, 6.45) is 0. The summed E-state index contributed by atoms with van der Waals surface area (Å²) < 4.78 is 21.7. The van der Waals surface area contributed by atoms with Gasteiger partial charge in [0.2, 0.25) is 0 Å². The summed E-state index contributed by atoms with van der Waals surface area (Å²) in [6.45, 7) is 11.9. The number of carbonyl (C=O) groups is 2.